The van der Waals surface area contributed by atoms with Crippen LogP contribution in [0.1, 0.15) is 24.0 Å². The molecule has 1 aliphatic carbocycles. The highest BCUT2D eigenvalue weighted by Crippen LogP contribution is 2.58. The highest BCUT2D eigenvalue weighted by atomic mass is 16.7. The minimum Gasteiger partial charge on any atom is -0.492 e. The van der Waals surface area contributed by atoms with E-state index in [4.69, 9.17) is 18.9 Å². The summed E-state index contributed by atoms with van der Waals surface area (Å²) in [6.07, 6.45) is -0.673. The first-order valence-corrected chi connectivity index (χ1v) is 8.74. The Balaban J connectivity index is 1.72. The Morgan fingerprint density at radius 2 is 2.12 bits per heavy atom. The zero-order chi connectivity index (χ0) is 17.3. The molecule has 6 unspecified atom stereocenters. The van der Waals surface area contributed by atoms with Gasteiger partial charge >= 0.3 is 0 Å². The number of methoxy groups -OCH3 is 2. The molecular weight excluding hydrogens is 326 g/mol. The van der Waals surface area contributed by atoms with Crippen molar-refractivity contribution >= 4 is 0 Å². The molecule has 7 heteroatoms. The quantitative estimate of drug-likeness (QED) is 0.799. The van der Waals surface area contributed by atoms with Crippen LogP contribution in [-0.2, 0) is 16.7 Å². The summed E-state index contributed by atoms with van der Waals surface area (Å²) in [5, 5.41) is 21.8. The lowest BCUT2D eigenvalue weighted by Gasteiger charge is -2.53. The molecule has 2 fully saturated rings. The number of benzene rings is 1. The monoisotopic (exact) mass is 349 g/mol. The Morgan fingerprint density at radius 1 is 1.28 bits per heavy atom. The van der Waals surface area contributed by atoms with Crippen LogP contribution in [0.5, 0.6) is 17.2 Å². The van der Waals surface area contributed by atoms with Gasteiger partial charge in [-0.05, 0) is 31.0 Å². The van der Waals surface area contributed by atoms with Gasteiger partial charge in [-0.3, -0.25) is 4.90 Å². The summed E-state index contributed by atoms with van der Waals surface area (Å²) in [6.45, 7) is 1.78. The molecular formula is C18H23NO6. The Bertz CT molecular complexity index is 724. The Labute approximate surface area is 146 Å². The number of nitrogens with zero attached hydrogens (tertiary/aromatic N) is 1. The molecule has 2 bridgehead atoms. The predicted molar refractivity (Wildman–Crippen MR) is 87.0 cm³/mol. The van der Waals surface area contributed by atoms with Gasteiger partial charge in [0.1, 0.15) is 6.10 Å². The van der Waals surface area contributed by atoms with Gasteiger partial charge in [0.05, 0.1) is 19.3 Å². The number of rotatable bonds is 2. The summed E-state index contributed by atoms with van der Waals surface area (Å²) in [5.41, 5.74) is 1.52. The van der Waals surface area contributed by atoms with Crippen LogP contribution in [0, 0.1) is 0 Å². The Hall–Kier alpha value is -1.54. The first-order chi connectivity index (χ1) is 12.1. The van der Waals surface area contributed by atoms with Crippen molar-refractivity contribution in [2.75, 3.05) is 27.6 Å². The zero-order valence-electron chi connectivity index (χ0n) is 14.4. The minimum absolute atomic E-state index is 0.133. The molecule has 5 rings (SSSR count). The summed E-state index contributed by atoms with van der Waals surface area (Å²) >= 11 is 0. The van der Waals surface area contributed by atoms with Crippen molar-refractivity contribution in [3.05, 3.63) is 17.2 Å². The first-order valence-electron chi connectivity index (χ1n) is 8.74. The van der Waals surface area contributed by atoms with E-state index in [1.54, 1.807) is 14.2 Å². The summed E-state index contributed by atoms with van der Waals surface area (Å²) < 4.78 is 22.3. The van der Waals surface area contributed by atoms with Crippen molar-refractivity contribution in [3.8, 4) is 17.2 Å². The van der Waals surface area contributed by atoms with Crippen LogP contribution in [0.15, 0.2) is 6.07 Å². The third-order valence-electron chi connectivity index (χ3n) is 6.63. The van der Waals surface area contributed by atoms with Gasteiger partial charge in [0.25, 0.3) is 0 Å². The maximum Gasteiger partial charge on any atom is 0.231 e. The summed E-state index contributed by atoms with van der Waals surface area (Å²) in [4.78, 5) is 2.37. The molecule has 7 nitrogen and oxygen atoms in total. The summed E-state index contributed by atoms with van der Waals surface area (Å²) in [5.74, 6) is 1.97. The normalized spacial score (nSPS) is 40.6. The van der Waals surface area contributed by atoms with Crippen molar-refractivity contribution < 1.29 is 29.2 Å². The fraction of sp³-hybridized carbons (Fsp3) is 0.667. The van der Waals surface area contributed by atoms with E-state index < -0.39 is 17.6 Å². The molecule has 2 N–H and O–H groups in total. The number of fused-ring (bicyclic) bond motifs is 2. The second-order valence-electron chi connectivity index (χ2n) is 7.39. The van der Waals surface area contributed by atoms with Crippen LogP contribution in [0.2, 0.25) is 0 Å². The average molecular weight is 349 g/mol. The molecule has 136 valence electrons. The lowest BCUT2D eigenvalue weighted by Crippen LogP contribution is -2.64. The van der Waals surface area contributed by atoms with E-state index in [1.165, 1.54) is 0 Å². The zero-order valence-corrected chi connectivity index (χ0v) is 14.4. The Morgan fingerprint density at radius 3 is 2.88 bits per heavy atom. The van der Waals surface area contributed by atoms with E-state index in [-0.39, 0.29) is 18.9 Å². The number of aliphatic hydroxyl groups excluding tert-OH is 2. The number of hydrogen-bond acceptors (Lipinski definition) is 7. The predicted octanol–water partition coefficient (Wildman–Crippen LogP) is 0.390. The van der Waals surface area contributed by atoms with Crippen LogP contribution in [-0.4, -0.2) is 67.0 Å². The third-order valence-corrected chi connectivity index (χ3v) is 6.63. The highest BCUT2D eigenvalue weighted by Gasteiger charge is 2.63. The lowest BCUT2D eigenvalue weighted by atomic mass is 9.60. The smallest absolute Gasteiger partial charge is 0.231 e. The highest BCUT2D eigenvalue weighted by molar-refractivity contribution is 5.63. The van der Waals surface area contributed by atoms with Gasteiger partial charge in [-0.25, -0.2) is 0 Å². The van der Waals surface area contributed by atoms with Crippen molar-refractivity contribution in [2.45, 2.75) is 49.2 Å². The molecule has 1 saturated heterocycles. The first kappa shape index (κ1) is 15.7. The topological polar surface area (TPSA) is 80.6 Å². The lowest BCUT2D eigenvalue weighted by molar-refractivity contribution is -0.148. The van der Waals surface area contributed by atoms with E-state index in [2.05, 4.69) is 4.90 Å². The third kappa shape index (κ3) is 1.79. The van der Waals surface area contributed by atoms with Crippen LogP contribution in [0.4, 0.5) is 0 Å². The maximum absolute atomic E-state index is 11.1. The molecule has 1 aromatic rings. The molecule has 0 radical (unpaired) electrons. The molecule has 25 heavy (non-hydrogen) atoms. The number of aliphatic hydroxyl groups is 2. The van der Waals surface area contributed by atoms with E-state index in [0.717, 1.165) is 30.6 Å². The molecule has 3 heterocycles. The average Bonchev–Trinajstić information content (AvgIpc) is 3.19. The second kappa shape index (κ2) is 5.23. The van der Waals surface area contributed by atoms with Crippen LogP contribution in [0.3, 0.4) is 0 Å². The van der Waals surface area contributed by atoms with Gasteiger partial charge in [0.15, 0.2) is 11.5 Å². The summed E-state index contributed by atoms with van der Waals surface area (Å²) in [6, 6.07) is 2.12. The van der Waals surface area contributed by atoms with Gasteiger partial charge in [-0.1, -0.05) is 0 Å². The van der Waals surface area contributed by atoms with Crippen LogP contribution >= 0.6 is 0 Å². The van der Waals surface area contributed by atoms with E-state index in [9.17, 15) is 10.2 Å². The van der Waals surface area contributed by atoms with Crippen LogP contribution in [0.25, 0.3) is 0 Å². The molecule has 3 aliphatic heterocycles. The fourth-order valence-corrected chi connectivity index (χ4v) is 5.49. The molecule has 1 saturated carbocycles. The van der Waals surface area contributed by atoms with E-state index in [0.29, 0.717) is 23.7 Å². The fourth-order valence-electron chi connectivity index (χ4n) is 5.49. The van der Waals surface area contributed by atoms with Crippen molar-refractivity contribution in [1.82, 2.24) is 4.90 Å². The van der Waals surface area contributed by atoms with Crippen LogP contribution < -0.4 is 14.2 Å². The molecule has 1 aromatic carbocycles. The Kier molecular flexibility index (Phi) is 3.29. The summed E-state index contributed by atoms with van der Waals surface area (Å²) in [7, 11) is 3.22. The molecule has 6 atom stereocenters. The van der Waals surface area contributed by atoms with Gasteiger partial charge in [-0.2, -0.15) is 0 Å². The van der Waals surface area contributed by atoms with Gasteiger partial charge < -0.3 is 29.2 Å². The van der Waals surface area contributed by atoms with Crippen molar-refractivity contribution in [2.24, 2.45) is 0 Å². The van der Waals surface area contributed by atoms with E-state index in [1.807, 2.05) is 6.07 Å². The van der Waals surface area contributed by atoms with Gasteiger partial charge in [0.2, 0.25) is 12.5 Å². The largest absolute Gasteiger partial charge is 0.492 e. The maximum atomic E-state index is 11.1. The van der Waals surface area contributed by atoms with Gasteiger partial charge in [0, 0.05) is 30.7 Å². The number of hydrogen-bond donors (Lipinski definition) is 2. The molecule has 4 aliphatic rings. The second-order valence-corrected chi connectivity index (χ2v) is 7.39. The van der Waals surface area contributed by atoms with Gasteiger partial charge in [-0.15, -0.1) is 0 Å². The molecule has 0 amide bonds. The van der Waals surface area contributed by atoms with Crippen molar-refractivity contribution in [1.29, 1.82) is 0 Å². The standard InChI is InChI=1S/C18H23NO6/c1-22-11-6-13-18(17(21)14(11)20)3-4-19(13)7-9-10(18)5-12-16(15(9)23-2)25-8-24-12/h5,11,13-14,17,20-21H,3-4,6-8H2,1-2H3. The SMILES string of the molecule is COc1c2c(cc3c1OCO3)C13CCN(C2)C1CC(OC)C(O)C3O. The molecule has 0 aromatic heterocycles. The minimum atomic E-state index is -0.913. The number of ether oxygens (including phenoxy) is 4. The van der Waals surface area contributed by atoms with E-state index >= 15 is 0 Å². The van der Waals surface area contributed by atoms with Crippen molar-refractivity contribution in [3.63, 3.8) is 0 Å². The molecule has 0 spiro atoms.